The molecule has 0 radical (unpaired) electrons. The minimum absolute atomic E-state index is 0.739. The average Bonchev–Trinajstić information content (AvgIpc) is 3.08. The van der Waals surface area contributed by atoms with Crippen molar-refractivity contribution in [1.29, 1.82) is 0 Å². The predicted molar refractivity (Wildman–Crippen MR) is 78.0 cm³/mol. The molecule has 2 heterocycles. The van der Waals surface area contributed by atoms with Crippen LogP contribution in [0.4, 0.5) is 5.69 Å². The highest BCUT2D eigenvalue weighted by atomic mass is 35.5. The summed E-state index contributed by atoms with van der Waals surface area (Å²) < 4.78 is 2.55. The molecule has 96 valence electrons. The van der Waals surface area contributed by atoms with Crippen molar-refractivity contribution in [1.82, 2.24) is 15.0 Å². The molecule has 0 unspecified atom stereocenters. The van der Waals surface area contributed by atoms with Crippen LogP contribution >= 0.6 is 22.9 Å². The highest BCUT2D eigenvalue weighted by molar-refractivity contribution is 7.16. The van der Waals surface area contributed by atoms with E-state index in [1.54, 1.807) is 22.2 Å². The van der Waals surface area contributed by atoms with Gasteiger partial charge in [-0.3, -0.25) is 0 Å². The number of nitrogens with one attached hydrogen (secondary N) is 1. The fourth-order valence-electron chi connectivity index (χ4n) is 1.79. The Kier molecular flexibility index (Phi) is 3.48. The summed E-state index contributed by atoms with van der Waals surface area (Å²) in [4.78, 5) is 1.19. The molecule has 0 amide bonds. The molecule has 0 atom stereocenters. The van der Waals surface area contributed by atoms with Crippen molar-refractivity contribution in [3.63, 3.8) is 0 Å². The molecule has 3 rings (SSSR count). The van der Waals surface area contributed by atoms with Crippen LogP contribution in [0.2, 0.25) is 4.34 Å². The Morgan fingerprint density at radius 2 is 2.11 bits per heavy atom. The van der Waals surface area contributed by atoms with Gasteiger partial charge >= 0.3 is 0 Å². The van der Waals surface area contributed by atoms with Gasteiger partial charge in [0.15, 0.2) is 0 Å². The van der Waals surface area contributed by atoms with Crippen LogP contribution < -0.4 is 5.32 Å². The van der Waals surface area contributed by atoms with Crippen LogP contribution in [-0.2, 0) is 6.54 Å². The monoisotopic (exact) mass is 290 g/mol. The Bertz CT molecular complexity index is 663. The second-order valence-electron chi connectivity index (χ2n) is 3.92. The summed E-state index contributed by atoms with van der Waals surface area (Å²) in [6.07, 6.45) is 3.48. The first-order chi connectivity index (χ1) is 9.33. The number of hydrogen-bond donors (Lipinski definition) is 1. The van der Waals surface area contributed by atoms with Gasteiger partial charge < -0.3 is 5.32 Å². The predicted octanol–water partition coefficient (Wildman–Crippen LogP) is 3.59. The van der Waals surface area contributed by atoms with Crippen molar-refractivity contribution in [2.75, 3.05) is 5.32 Å². The van der Waals surface area contributed by atoms with Crippen LogP contribution in [0.3, 0.4) is 0 Å². The summed E-state index contributed by atoms with van der Waals surface area (Å²) in [6.45, 7) is 0.739. The molecule has 2 aromatic heterocycles. The van der Waals surface area contributed by atoms with Crippen molar-refractivity contribution in [3.05, 3.63) is 58.0 Å². The topological polar surface area (TPSA) is 42.7 Å². The third kappa shape index (κ3) is 2.77. The third-order valence-electron chi connectivity index (χ3n) is 2.66. The molecule has 6 heteroatoms. The lowest BCUT2D eigenvalue weighted by Crippen LogP contribution is -2.04. The van der Waals surface area contributed by atoms with E-state index in [1.807, 2.05) is 42.6 Å². The van der Waals surface area contributed by atoms with Crippen molar-refractivity contribution in [3.8, 4) is 5.69 Å². The molecule has 4 nitrogen and oxygen atoms in total. The first-order valence-corrected chi connectivity index (χ1v) is 6.96. The van der Waals surface area contributed by atoms with E-state index in [-0.39, 0.29) is 0 Å². The minimum Gasteiger partial charge on any atom is -0.378 e. The quantitative estimate of drug-likeness (QED) is 0.798. The molecule has 19 heavy (non-hydrogen) atoms. The lowest BCUT2D eigenvalue weighted by molar-refractivity contribution is 0.803. The third-order valence-corrected chi connectivity index (χ3v) is 3.89. The van der Waals surface area contributed by atoms with Crippen molar-refractivity contribution in [2.24, 2.45) is 0 Å². The van der Waals surface area contributed by atoms with Gasteiger partial charge in [-0.15, -0.1) is 16.4 Å². The summed E-state index contributed by atoms with van der Waals surface area (Å²) in [6, 6.07) is 11.9. The molecule has 0 aliphatic rings. The lowest BCUT2D eigenvalue weighted by atomic mass is 10.2. The fraction of sp³-hybridized carbons (Fsp3) is 0.0769. The molecule has 1 N–H and O–H groups in total. The van der Waals surface area contributed by atoms with Crippen molar-refractivity contribution >= 4 is 28.6 Å². The van der Waals surface area contributed by atoms with Gasteiger partial charge in [-0.1, -0.05) is 28.9 Å². The second-order valence-corrected chi connectivity index (χ2v) is 5.72. The van der Waals surface area contributed by atoms with Gasteiger partial charge in [0.05, 0.1) is 28.1 Å². The highest BCUT2D eigenvalue weighted by Gasteiger charge is 2.05. The summed E-state index contributed by atoms with van der Waals surface area (Å²) in [5, 5.41) is 11.2. The molecule has 0 bridgehead atoms. The Morgan fingerprint density at radius 1 is 1.21 bits per heavy atom. The second kappa shape index (κ2) is 5.42. The van der Waals surface area contributed by atoms with Crippen LogP contribution in [0.25, 0.3) is 5.69 Å². The molecule has 0 fully saturated rings. The maximum atomic E-state index is 5.92. The van der Waals surface area contributed by atoms with E-state index in [0.717, 1.165) is 22.3 Å². The number of halogens is 1. The van der Waals surface area contributed by atoms with Crippen LogP contribution in [-0.4, -0.2) is 15.0 Å². The first-order valence-electron chi connectivity index (χ1n) is 5.77. The molecule has 0 aliphatic heterocycles. The molecular formula is C13H11ClN4S. The molecule has 0 saturated carbocycles. The van der Waals surface area contributed by atoms with E-state index in [2.05, 4.69) is 15.6 Å². The van der Waals surface area contributed by atoms with Gasteiger partial charge in [0.1, 0.15) is 0 Å². The van der Waals surface area contributed by atoms with E-state index in [9.17, 15) is 0 Å². The van der Waals surface area contributed by atoms with Crippen LogP contribution in [0, 0.1) is 0 Å². The van der Waals surface area contributed by atoms with Gasteiger partial charge in [-0.25, -0.2) is 4.68 Å². The SMILES string of the molecule is Clc1ccc(CNc2ccccc2-n2ccnn2)s1. The number of aromatic nitrogens is 3. The van der Waals surface area contributed by atoms with Crippen LogP contribution in [0.5, 0.6) is 0 Å². The van der Waals surface area contributed by atoms with Gasteiger partial charge in [0.25, 0.3) is 0 Å². The Morgan fingerprint density at radius 3 is 2.84 bits per heavy atom. The van der Waals surface area contributed by atoms with E-state index in [0.29, 0.717) is 0 Å². The normalized spacial score (nSPS) is 10.6. The van der Waals surface area contributed by atoms with E-state index >= 15 is 0 Å². The number of thiophene rings is 1. The standard InChI is InChI=1S/C13H11ClN4S/c14-13-6-5-10(19-13)9-15-11-3-1-2-4-12(11)18-8-7-16-17-18/h1-8,15H,9H2. The van der Waals surface area contributed by atoms with Gasteiger partial charge in [0, 0.05) is 11.4 Å². The highest BCUT2D eigenvalue weighted by Crippen LogP contribution is 2.24. The molecule has 3 aromatic rings. The number of anilines is 1. The zero-order valence-corrected chi connectivity index (χ0v) is 11.5. The van der Waals surface area contributed by atoms with Crippen molar-refractivity contribution in [2.45, 2.75) is 6.54 Å². The van der Waals surface area contributed by atoms with Crippen LogP contribution in [0.1, 0.15) is 4.88 Å². The maximum absolute atomic E-state index is 5.92. The maximum Gasteiger partial charge on any atom is 0.0931 e. The molecule has 0 spiro atoms. The number of rotatable bonds is 4. The Balaban J connectivity index is 1.81. The number of nitrogens with zero attached hydrogens (tertiary/aromatic N) is 3. The van der Waals surface area contributed by atoms with Crippen LogP contribution in [0.15, 0.2) is 48.8 Å². The van der Waals surface area contributed by atoms with Gasteiger partial charge in [0.2, 0.25) is 0 Å². The van der Waals surface area contributed by atoms with Gasteiger partial charge in [-0.2, -0.15) is 0 Å². The Labute approximate surface area is 119 Å². The summed E-state index contributed by atoms with van der Waals surface area (Å²) >= 11 is 7.50. The molecule has 0 saturated heterocycles. The first kappa shape index (κ1) is 12.2. The molecular weight excluding hydrogens is 280 g/mol. The zero-order chi connectivity index (χ0) is 13.1. The minimum atomic E-state index is 0.739. The smallest absolute Gasteiger partial charge is 0.0931 e. The lowest BCUT2D eigenvalue weighted by Gasteiger charge is -2.10. The van der Waals surface area contributed by atoms with E-state index in [1.165, 1.54) is 4.88 Å². The summed E-state index contributed by atoms with van der Waals surface area (Å²) in [7, 11) is 0. The number of para-hydroxylation sites is 2. The van der Waals surface area contributed by atoms with E-state index in [4.69, 9.17) is 11.6 Å². The number of hydrogen-bond acceptors (Lipinski definition) is 4. The number of benzene rings is 1. The van der Waals surface area contributed by atoms with Gasteiger partial charge in [-0.05, 0) is 24.3 Å². The fourth-order valence-corrected chi connectivity index (χ4v) is 2.82. The van der Waals surface area contributed by atoms with E-state index < -0.39 is 0 Å². The summed E-state index contributed by atoms with van der Waals surface area (Å²) in [5.41, 5.74) is 1.99. The molecule has 1 aromatic carbocycles. The average molecular weight is 291 g/mol. The summed E-state index contributed by atoms with van der Waals surface area (Å²) in [5.74, 6) is 0. The Hall–Kier alpha value is -1.85. The van der Waals surface area contributed by atoms with Crippen molar-refractivity contribution < 1.29 is 0 Å². The largest absolute Gasteiger partial charge is 0.378 e. The zero-order valence-electron chi connectivity index (χ0n) is 9.95. The molecule has 0 aliphatic carbocycles.